The van der Waals surface area contributed by atoms with Crippen molar-refractivity contribution in [2.24, 2.45) is 4.99 Å². The fourth-order valence-electron chi connectivity index (χ4n) is 4.89. The van der Waals surface area contributed by atoms with Gasteiger partial charge in [-0.15, -0.1) is 0 Å². The molecular weight excluding hydrogens is 496 g/mol. The number of amidine groups is 1. The van der Waals surface area contributed by atoms with Crippen molar-refractivity contribution in [3.63, 3.8) is 0 Å². The molecule has 7 heteroatoms. The van der Waals surface area contributed by atoms with Gasteiger partial charge in [0.05, 0.1) is 22.3 Å². The fraction of sp³-hybridized carbons (Fsp3) is 0.323. The van der Waals surface area contributed by atoms with E-state index in [1.165, 1.54) is 18.2 Å². The molecule has 5 rings (SSSR count). The zero-order valence-electron chi connectivity index (χ0n) is 22.0. The summed E-state index contributed by atoms with van der Waals surface area (Å²) in [7, 11) is 0. The molecule has 2 aliphatic rings. The van der Waals surface area contributed by atoms with Gasteiger partial charge in [0, 0.05) is 17.7 Å². The van der Waals surface area contributed by atoms with Crippen molar-refractivity contribution in [2.75, 3.05) is 0 Å². The SMILES string of the molecule is Cc1cc(C(=O)OC(C)C)ccc1-c1ccc(C=C2SC(=Nc3ccccc3)N(C3CCCCC3)C2=O)o1. The summed E-state index contributed by atoms with van der Waals surface area (Å²) in [6.45, 7) is 5.60. The standard InChI is InChI=1S/C31H32N2O4S/c1-20(2)36-30(35)22-14-16-26(21(3)18-22)27-17-15-25(37-27)19-28-29(34)33(24-12-8-5-9-13-24)31(38-28)32-23-10-6-4-7-11-23/h4,6-7,10-11,14-20,24H,5,8-9,12-13H2,1-3H3. The highest BCUT2D eigenvalue weighted by Gasteiger charge is 2.38. The van der Waals surface area contributed by atoms with E-state index >= 15 is 0 Å². The summed E-state index contributed by atoms with van der Waals surface area (Å²) in [5.41, 5.74) is 3.14. The Morgan fingerprint density at radius 3 is 2.55 bits per heavy atom. The molecule has 0 spiro atoms. The van der Waals surface area contributed by atoms with Gasteiger partial charge in [0.2, 0.25) is 0 Å². The number of para-hydroxylation sites is 1. The lowest BCUT2D eigenvalue weighted by molar-refractivity contribution is -0.124. The molecule has 0 radical (unpaired) electrons. The van der Waals surface area contributed by atoms with Crippen LogP contribution in [0.3, 0.4) is 0 Å². The lowest BCUT2D eigenvalue weighted by Gasteiger charge is -2.30. The first-order chi connectivity index (χ1) is 18.4. The van der Waals surface area contributed by atoms with Crippen LogP contribution in [-0.4, -0.2) is 34.1 Å². The predicted molar refractivity (Wildman–Crippen MR) is 152 cm³/mol. The van der Waals surface area contributed by atoms with Crippen molar-refractivity contribution in [3.05, 3.63) is 82.5 Å². The average Bonchev–Trinajstić information content (AvgIpc) is 3.49. The van der Waals surface area contributed by atoms with Crippen LogP contribution in [0.1, 0.15) is 67.6 Å². The number of esters is 1. The molecule has 1 amide bonds. The molecule has 0 atom stereocenters. The molecule has 2 heterocycles. The minimum absolute atomic E-state index is 0.0151. The summed E-state index contributed by atoms with van der Waals surface area (Å²) in [6.07, 6.45) is 7.11. The van der Waals surface area contributed by atoms with E-state index in [0.29, 0.717) is 22.0 Å². The Bertz CT molecular complexity index is 1380. The lowest BCUT2D eigenvalue weighted by Crippen LogP contribution is -2.40. The van der Waals surface area contributed by atoms with Gasteiger partial charge < -0.3 is 9.15 Å². The largest absolute Gasteiger partial charge is 0.459 e. The Balaban J connectivity index is 1.40. The van der Waals surface area contributed by atoms with Gasteiger partial charge in [-0.1, -0.05) is 43.5 Å². The van der Waals surface area contributed by atoms with Crippen LogP contribution in [-0.2, 0) is 9.53 Å². The number of rotatable bonds is 6. The number of carbonyl (C=O) groups is 2. The summed E-state index contributed by atoms with van der Waals surface area (Å²) in [6, 6.07) is 19.1. The molecule has 0 unspecified atom stereocenters. The van der Waals surface area contributed by atoms with E-state index in [4.69, 9.17) is 14.1 Å². The fourth-order valence-corrected chi connectivity index (χ4v) is 5.93. The molecule has 2 aromatic carbocycles. The second-order valence-electron chi connectivity index (χ2n) is 9.99. The molecule has 38 heavy (non-hydrogen) atoms. The molecular formula is C31H32N2O4S. The maximum absolute atomic E-state index is 13.6. The van der Waals surface area contributed by atoms with Crippen LogP contribution in [0.2, 0.25) is 0 Å². The van der Waals surface area contributed by atoms with E-state index in [1.807, 2.05) is 86.3 Å². The van der Waals surface area contributed by atoms with Crippen molar-refractivity contribution in [2.45, 2.75) is 65.0 Å². The van der Waals surface area contributed by atoms with Gasteiger partial charge in [-0.2, -0.15) is 0 Å². The van der Waals surface area contributed by atoms with Crippen molar-refractivity contribution in [1.82, 2.24) is 4.90 Å². The predicted octanol–water partition coefficient (Wildman–Crippen LogP) is 7.76. The van der Waals surface area contributed by atoms with Gasteiger partial charge in [0.1, 0.15) is 11.5 Å². The molecule has 1 aliphatic carbocycles. The maximum atomic E-state index is 13.6. The minimum Gasteiger partial charge on any atom is -0.459 e. The second kappa shape index (κ2) is 11.4. The number of carbonyl (C=O) groups excluding carboxylic acids is 2. The van der Waals surface area contributed by atoms with Crippen LogP contribution in [0, 0.1) is 6.92 Å². The first kappa shape index (κ1) is 26.0. The number of furan rings is 1. The number of thioether (sulfide) groups is 1. The Labute approximate surface area is 227 Å². The molecule has 0 N–H and O–H groups in total. The van der Waals surface area contributed by atoms with Gasteiger partial charge in [-0.3, -0.25) is 9.69 Å². The molecule has 1 aliphatic heterocycles. The van der Waals surface area contributed by atoms with Crippen molar-refractivity contribution >= 4 is 40.6 Å². The van der Waals surface area contributed by atoms with E-state index < -0.39 is 0 Å². The number of benzene rings is 2. The van der Waals surface area contributed by atoms with Gasteiger partial charge >= 0.3 is 5.97 Å². The summed E-state index contributed by atoms with van der Waals surface area (Å²) in [5, 5.41) is 0.728. The molecule has 196 valence electrons. The van der Waals surface area contributed by atoms with E-state index in [2.05, 4.69) is 0 Å². The molecule has 1 saturated carbocycles. The monoisotopic (exact) mass is 528 g/mol. The number of nitrogens with zero attached hydrogens (tertiary/aromatic N) is 2. The van der Waals surface area contributed by atoms with Crippen LogP contribution < -0.4 is 0 Å². The Morgan fingerprint density at radius 1 is 1.08 bits per heavy atom. The molecule has 0 bridgehead atoms. The van der Waals surface area contributed by atoms with Crippen LogP contribution in [0.5, 0.6) is 0 Å². The van der Waals surface area contributed by atoms with Crippen molar-refractivity contribution in [3.8, 4) is 11.3 Å². The molecule has 3 aromatic rings. The molecule has 2 fully saturated rings. The second-order valence-corrected chi connectivity index (χ2v) is 11.0. The summed E-state index contributed by atoms with van der Waals surface area (Å²) in [4.78, 5) is 33.2. The van der Waals surface area contributed by atoms with Crippen molar-refractivity contribution < 1.29 is 18.7 Å². The number of ether oxygens (including phenoxy) is 1. The maximum Gasteiger partial charge on any atom is 0.338 e. The Hall–Kier alpha value is -3.58. The number of aryl methyl sites for hydroxylation is 1. The third-order valence-corrected chi connectivity index (χ3v) is 7.71. The number of amides is 1. The van der Waals surface area contributed by atoms with E-state index in [9.17, 15) is 9.59 Å². The van der Waals surface area contributed by atoms with Crippen LogP contribution in [0.25, 0.3) is 17.4 Å². The van der Waals surface area contributed by atoms with E-state index in [-0.39, 0.29) is 24.0 Å². The summed E-state index contributed by atoms with van der Waals surface area (Å²) < 4.78 is 11.4. The number of hydrogen-bond acceptors (Lipinski definition) is 6. The van der Waals surface area contributed by atoms with Crippen molar-refractivity contribution in [1.29, 1.82) is 0 Å². The smallest absolute Gasteiger partial charge is 0.338 e. The Kier molecular flexibility index (Phi) is 7.84. The van der Waals surface area contributed by atoms with Crippen LogP contribution in [0.15, 0.2) is 75.0 Å². The highest BCUT2D eigenvalue weighted by Crippen LogP contribution is 2.39. The molecule has 1 aromatic heterocycles. The zero-order chi connectivity index (χ0) is 26.6. The lowest BCUT2D eigenvalue weighted by atomic mass is 9.94. The van der Waals surface area contributed by atoms with Gasteiger partial charge in [-0.05, 0) is 87.3 Å². The first-order valence-corrected chi connectivity index (χ1v) is 14.0. The Morgan fingerprint density at radius 2 is 1.84 bits per heavy atom. The van der Waals surface area contributed by atoms with Gasteiger partial charge in [0.25, 0.3) is 5.91 Å². The topological polar surface area (TPSA) is 72.1 Å². The quantitative estimate of drug-likeness (QED) is 0.241. The zero-order valence-corrected chi connectivity index (χ0v) is 22.8. The third-order valence-electron chi connectivity index (χ3n) is 6.73. The highest BCUT2D eigenvalue weighted by molar-refractivity contribution is 8.18. The first-order valence-electron chi connectivity index (χ1n) is 13.2. The average molecular weight is 529 g/mol. The summed E-state index contributed by atoms with van der Waals surface area (Å²) in [5.74, 6) is 0.921. The highest BCUT2D eigenvalue weighted by atomic mass is 32.2. The van der Waals surface area contributed by atoms with E-state index in [1.54, 1.807) is 6.07 Å². The third kappa shape index (κ3) is 5.78. The minimum atomic E-state index is -0.341. The number of hydrogen-bond donors (Lipinski definition) is 0. The normalized spacial score (nSPS) is 18.6. The van der Waals surface area contributed by atoms with Crippen LogP contribution in [0.4, 0.5) is 5.69 Å². The molecule has 1 saturated heterocycles. The number of aliphatic imine (C=N–C) groups is 1. The van der Waals surface area contributed by atoms with Gasteiger partial charge in [0.15, 0.2) is 5.17 Å². The van der Waals surface area contributed by atoms with E-state index in [0.717, 1.165) is 47.7 Å². The summed E-state index contributed by atoms with van der Waals surface area (Å²) >= 11 is 1.40. The molecule has 6 nitrogen and oxygen atoms in total. The van der Waals surface area contributed by atoms with Gasteiger partial charge in [-0.25, -0.2) is 9.79 Å². The van der Waals surface area contributed by atoms with Crippen LogP contribution >= 0.6 is 11.8 Å².